The molecular weight excluding hydrogens is 492 g/mol. The van der Waals surface area contributed by atoms with E-state index >= 15 is 0 Å². The van der Waals surface area contributed by atoms with E-state index < -0.39 is 0 Å². The van der Waals surface area contributed by atoms with Gasteiger partial charge in [-0.3, -0.25) is 9.47 Å². The highest BCUT2D eigenvalue weighted by atomic mass is 15.1. The number of rotatable bonds is 8. The van der Waals surface area contributed by atoms with E-state index in [-0.39, 0.29) is 0 Å². The van der Waals surface area contributed by atoms with Gasteiger partial charge in [0, 0.05) is 25.0 Å². The zero-order chi connectivity index (χ0) is 28.5. The highest BCUT2D eigenvalue weighted by Gasteiger charge is 2.21. The van der Waals surface area contributed by atoms with Gasteiger partial charge in [0.2, 0.25) is 0 Å². The molecule has 0 amide bonds. The van der Waals surface area contributed by atoms with Gasteiger partial charge < -0.3 is 5.73 Å². The lowest BCUT2D eigenvalue weighted by molar-refractivity contribution is 0.315. The van der Waals surface area contributed by atoms with Crippen LogP contribution in [0.15, 0.2) is 73.0 Å². The number of imidazole rings is 1. The molecule has 0 radical (unpaired) electrons. The molecule has 6 nitrogen and oxygen atoms in total. The van der Waals surface area contributed by atoms with Crippen LogP contribution in [0.25, 0.3) is 33.8 Å². The Balaban J connectivity index is 0.00000118. The fourth-order valence-electron chi connectivity index (χ4n) is 5.21. The van der Waals surface area contributed by atoms with Gasteiger partial charge in [-0.25, -0.2) is 15.0 Å². The van der Waals surface area contributed by atoms with Crippen LogP contribution in [0.2, 0.25) is 0 Å². The maximum Gasteiger partial charge on any atom is 0.165 e. The second-order valence-corrected chi connectivity index (χ2v) is 10.5. The van der Waals surface area contributed by atoms with Gasteiger partial charge in [-0.15, -0.1) is 0 Å². The van der Waals surface area contributed by atoms with E-state index in [1.165, 1.54) is 37.9 Å². The Bertz CT molecular complexity index is 1450. The molecule has 4 aromatic rings. The van der Waals surface area contributed by atoms with Crippen molar-refractivity contribution in [1.29, 1.82) is 0 Å². The van der Waals surface area contributed by atoms with E-state index in [2.05, 4.69) is 78.6 Å². The van der Waals surface area contributed by atoms with Crippen molar-refractivity contribution in [3.05, 3.63) is 84.2 Å². The summed E-state index contributed by atoms with van der Waals surface area (Å²) in [5, 5.41) is 0. The lowest BCUT2D eigenvalue weighted by atomic mass is 10.1. The van der Waals surface area contributed by atoms with Crippen molar-refractivity contribution in [3.63, 3.8) is 0 Å². The molecule has 0 aliphatic carbocycles. The quantitative estimate of drug-likeness (QED) is 0.230. The van der Waals surface area contributed by atoms with Crippen molar-refractivity contribution in [2.75, 3.05) is 18.8 Å². The van der Waals surface area contributed by atoms with E-state index in [4.69, 9.17) is 15.7 Å². The van der Waals surface area contributed by atoms with Crippen molar-refractivity contribution >= 4 is 22.6 Å². The molecule has 210 valence electrons. The van der Waals surface area contributed by atoms with Crippen LogP contribution in [0.1, 0.15) is 71.6 Å². The molecule has 1 aromatic carbocycles. The van der Waals surface area contributed by atoms with Crippen LogP contribution in [0, 0.1) is 5.92 Å². The van der Waals surface area contributed by atoms with Gasteiger partial charge in [0.05, 0.1) is 11.3 Å². The Morgan fingerprint density at radius 2 is 1.80 bits per heavy atom. The summed E-state index contributed by atoms with van der Waals surface area (Å²) in [5.74, 6) is 2.03. The van der Waals surface area contributed by atoms with Crippen LogP contribution < -0.4 is 5.73 Å². The highest BCUT2D eigenvalue weighted by Crippen LogP contribution is 2.31. The predicted molar refractivity (Wildman–Crippen MR) is 169 cm³/mol. The van der Waals surface area contributed by atoms with Crippen LogP contribution in [0.3, 0.4) is 0 Å². The first kappa shape index (κ1) is 29.2. The zero-order valence-electron chi connectivity index (χ0n) is 24.8. The van der Waals surface area contributed by atoms with Gasteiger partial charge in [0.1, 0.15) is 11.3 Å². The van der Waals surface area contributed by atoms with Crippen LogP contribution in [0.5, 0.6) is 0 Å². The van der Waals surface area contributed by atoms with Gasteiger partial charge >= 0.3 is 0 Å². The third-order valence-corrected chi connectivity index (χ3v) is 7.20. The summed E-state index contributed by atoms with van der Waals surface area (Å²) in [4.78, 5) is 17.0. The van der Waals surface area contributed by atoms with Crippen molar-refractivity contribution < 1.29 is 0 Å². The van der Waals surface area contributed by atoms with Gasteiger partial charge in [-0.05, 0) is 79.8 Å². The summed E-state index contributed by atoms with van der Waals surface area (Å²) in [7, 11) is 0. The molecule has 0 spiro atoms. The van der Waals surface area contributed by atoms with Crippen molar-refractivity contribution in [2.45, 2.75) is 66.8 Å². The minimum atomic E-state index is 0.455. The molecule has 6 heteroatoms. The van der Waals surface area contributed by atoms with Crippen molar-refractivity contribution in [2.24, 2.45) is 5.92 Å². The lowest BCUT2D eigenvalue weighted by Crippen LogP contribution is -2.19. The summed E-state index contributed by atoms with van der Waals surface area (Å²) < 4.78 is 2.11. The van der Waals surface area contributed by atoms with Crippen LogP contribution in [0.4, 0.5) is 5.82 Å². The van der Waals surface area contributed by atoms with E-state index in [0.29, 0.717) is 5.82 Å². The summed E-state index contributed by atoms with van der Waals surface area (Å²) in [6.45, 7) is 14.1. The van der Waals surface area contributed by atoms with E-state index in [1.807, 2.05) is 37.3 Å². The zero-order valence-corrected chi connectivity index (χ0v) is 24.8. The third-order valence-electron chi connectivity index (χ3n) is 7.20. The standard InChI is InChI=1S/C31H36N6.C3H8/c1-4-8-24(9-5-2)27-15-16-28-31(34-27)37(30(35-28)26-10-7-18-33-29(26)32)25-13-11-23(12-14-25)21-36-19-17-22(6-3)20-36;1-3-2/h4,7-16,18,22H,5-6,17,19-21H2,1-3H3,(H2,32,33);3H2,1-2H3/b8-4-,24-9+;. The maximum absolute atomic E-state index is 6.31. The number of likely N-dealkylation sites (tertiary alicyclic amines) is 1. The molecule has 1 saturated heterocycles. The fourth-order valence-corrected chi connectivity index (χ4v) is 5.21. The van der Waals surface area contributed by atoms with E-state index in [9.17, 15) is 0 Å². The predicted octanol–water partition coefficient (Wildman–Crippen LogP) is 8.08. The van der Waals surface area contributed by atoms with Gasteiger partial charge in [-0.1, -0.05) is 70.9 Å². The Labute approximate surface area is 239 Å². The van der Waals surface area contributed by atoms with Gasteiger partial charge in [0.15, 0.2) is 11.5 Å². The normalized spacial score (nSPS) is 16.0. The summed E-state index contributed by atoms with van der Waals surface area (Å²) in [6.07, 6.45) is 12.8. The number of nitrogens with two attached hydrogens (primary N) is 1. The Hall–Kier alpha value is -3.77. The summed E-state index contributed by atoms with van der Waals surface area (Å²) >= 11 is 0. The second kappa shape index (κ2) is 14.0. The third kappa shape index (κ3) is 6.68. The first-order valence-corrected chi connectivity index (χ1v) is 14.8. The van der Waals surface area contributed by atoms with Crippen molar-refractivity contribution in [3.8, 4) is 17.1 Å². The molecule has 1 atom stereocenters. The topological polar surface area (TPSA) is 72.9 Å². The Morgan fingerprint density at radius 1 is 1.02 bits per heavy atom. The molecule has 1 fully saturated rings. The Morgan fingerprint density at radius 3 is 2.45 bits per heavy atom. The molecule has 40 heavy (non-hydrogen) atoms. The number of hydrogen-bond donors (Lipinski definition) is 1. The first-order chi connectivity index (χ1) is 19.5. The van der Waals surface area contributed by atoms with E-state index in [0.717, 1.165) is 58.4 Å². The number of pyridine rings is 2. The number of aromatic nitrogens is 4. The maximum atomic E-state index is 6.31. The number of hydrogen-bond acceptors (Lipinski definition) is 5. The molecule has 0 bridgehead atoms. The van der Waals surface area contributed by atoms with Crippen LogP contribution in [-0.2, 0) is 6.54 Å². The molecular formula is C34H44N6. The number of anilines is 1. The molecule has 0 saturated carbocycles. The number of allylic oxidation sites excluding steroid dienone is 4. The largest absolute Gasteiger partial charge is 0.383 e. The molecule has 1 aliphatic heterocycles. The summed E-state index contributed by atoms with van der Waals surface area (Å²) in [6, 6.07) is 16.7. The molecule has 3 aromatic heterocycles. The van der Waals surface area contributed by atoms with Crippen molar-refractivity contribution in [1.82, 2.24) is 24.4 Å². The molecule has 4 heterocycles. The number of nitrogens with zero attached hydrogens (tertiary/aromatic N) is 5. The SMILES string of the molecule is C/C=C\C(=C/CC)c1ccc2nc(-c3cccnc3N)n(-c3ccc(CN4CCC(CC)C4)cc3)c2n1.CCC. The number of nitrogen functional groups attached to an aromatic ring is 1. The van der Waals surface area contributed by atoms with E-state index in [1.54, 1.807) is 6.20 Å². The van der Waals surface area contributed by atoms with Crippen LogP contribution >= 0.6 is 0 Å². The minimum Gasteiger partial charge on any atom is -0.383 e. The molecule has 1 unspecified atom stereocenters. The monoisotopic (exact) mass is 536 g/mol. The highest BCUT2D eigenvalue weighted by molar-refractivity contribution is 5.85. The smallest absolute Gasteiger partial charge is 0.165 e. The van der Waals surface area contributed by atoms with Gasteiger partial charge in [0.25, 0.3) is 0 Å². The first-order valence-electron chi connectivity index (χ1n) is 14.8. The number of fused-ring (bicyclic) bond motifs is 1. The minimum absolute atomic E-state index is 0.455. The molecule has 1 aliphatic rings. The van der Waals surface area contributed by atoms with Gasteiger partial charge in [-0.2, -0.15) is 0 Å². The average Bonchev–Trinajstić information content (AvgIpc) is 3.58. The molecule has 2 N–H and O–H groups in total. The number of benzene rings is 1. The average molecular weight is 537 g/mol. The van der Waals surface area contributed by atoms with Crippen LogP contribution in [-0.4, -0.2) is 37.5 Å². The summed E-state index contributed by atoms with van der Waals surface area (Å²) in [5.41, 5.74) is 13.1. The second-order valence-electron chi connectivity index (χ2n) is 10.5. The Kier molecular flexibility index (Phi) is 10.3. The lowest BCUT2D eigenvalue weighted by Gasteiger charge is -2.16. The molecule has 5 rings (SSSR count). The fraction of sp³-hybridized carbons (Fsp3) is 0.382.